The molecule has 98 valence electrons. The van der Waals surface area contributed by atoms with Gasteiger partial charge in [-0.25, -0.2) is 4.98 Å². The van der Waals surface area contributed by atoms with Crippen molar-refractivity contribution in [2.24, 2.45) is 0 Å². The van der Waals surface area contributed by atoms with Crippen molar-refractivity contribution >= 4 is 17.2 Å². The summed E-state index contributed by atoms with van der Waals surface area (Å²) in [5, 5.41) is 0.140. The van der Waals surface area contributed by atoms with Gasteiger partial charge in [-0.3, -0.25) is 0 Å². The second-order valence-corrected chi connectivity index (χ2v) is 4.22. The predicted molar refractivity (Wildman–Crippen MR) is 81.9 cm³/mol. The Hall–Kier alpha value is -2.44. The van der Waals surface area contributed by atoms with Gasteiger partial charge in [-0.15, -0.1) is 6.42 Å². The molecule has 20 heavy (non-hydrogen) atoms. The lowest BCUT2D eigenvalue weighted by Crippen LogP contribution is -1.99. The quantitative estimate of drug-likeness (QED) is 0.635. The van der Waals surface area contributed by atoms with E-state index in [2.05, 4.69) is 20.9 Å². The predicted octanol–water partition coefficient (Wildman–Crippen LogP) is 3.78. The van der Waals surface area contributed by atoms with E-state index in [-0.39, 0.29) is 5.28 Å². The zero-order chi connectivity index (χ0) is 14.4. The monoisotopic (exact) mass is 281 g/mol. The number of nitrogens with zero attached hydrogens (tertiary/aromatic N) is 3. The van der Waals surface area contributed by atoms with Crippen molar-refractivity contribution in [1.82, 2.24) is 15.0 Å². The second-order valence-electron chi connectivity index (χ2n) is 3.88. The largest absolute Gasteiger partial charge is 0.226 e. The summed E-state index contributed by atoms with van der Waals surface area (Å²) in [7, 11) is 0. The third-order valence-electron chi connectivity index (χ3n) is 2.48. The summed E-state index contributed by atoms with van der Waals surface area (Å²) < 4.78 is 0. The maximum atomic E-state index is 5.98. The maximum absolute atomic E-state index is 5.98. The Balaban J connectivity index is 2.55. The van der Waals surface area contributed by atoms with E-state index in [0.29, 0.717) is 11.6 Å². The molecule has 0 unspecified atom stereocenters. The van der Waals surface area contributed by atoms with Crippen molar-refractivity contribution < 1.29 is 0 Å². The Labute approximate surface area is 123 Å². The summed E-state index contributed by atoms with van der Waals surface area (Å²) in [4.78, 5) is 12.7. The topological polar surface area (TPSA) is 38.7 Å². The van der Waals surface area contributed by atoms with Crippen molar-refractivity contribution in [2.75, 3.05) is 0 Å². The standard InChI is InChI=1S/C16H12ClN3/c1-3-8-12(9-4-2)14-18-15(20-16(17)19-14)13-10-6-5-7-11-13/h1,4-11H,2H3/b9-4-,12-8+. The van der Waals surface area contributed by atoms with E-state index in [1.807, 2.05) is 49.4 Å². The normalized spacial score (nSPS) is 11.6. The summed E-state index contributed by atoms with van der Waals surface area (Å²) >= 11 is 5.98. The zero-order valence-corrected chi connectivity index (χ0v) is 11.7. The van der Waals surface area contributed by atoms with Crippen LogP contribution in [-0.2, 0) is 0 Å². The molecular formula is C16H12ClN3. The van der Waals surface area contributed by atoms with Crippen LogP contribution < -0.4 is 0 Å². The smallest absolute Gasteiger partial charge is 0.208 e. The highest BCUT2D eigenvalue weighted by molar-refractivity contribution is 6.28. The summed E-state index contributed by atoms with van der Waals surface area (Å²) in [5.74, 6) is 3.45. The van der Waals surface area contributed by atoms with Crippen molar-refractivity contribution in [2.45, 2.75) is 6.92 Å². The number of hydrogen-bond acceptors (Lipinski definition) is 3. The maximum Gasteiger partial charge on any atom is 0.226 e. The first-order valence-electron chi connectivity index (χ1n) is 6.01. The first-order chi connectivity index (χ1) is 9.74. The van der Waals surface area contributed by atoms with E-state index < -0.39 is 0 Å². The summed E-state index contributed by atoms with van der Waals surface area (Å²) in [6, 6.07) is 9.58. The average Bonchev–Trinajstić information content (AvgIpc) is 2.47. The van der Waals surface area contributed by atoms with Crippen LogP contribution in [0.2, 0.25) is 5.28 Å². The summed E-state index contributed by atoms with van der Waals surface area (Å²) in [6.07, 6.45) is 10.6. The number of benzene rings is 1. The molecule has 0 spiro atoms. The van der Waals surface area contributed by atoms with E-state index in [0.717, 1.165) is 11.1 Å². The molecule has 0 radical (unpaired) electrons. The van der Waals surface area contributed by atoms with E-state index in [4.69, 9.17) is 18.0 Å². The second kappa shape index (κ2) is 6.65. The minimum absolute atomic E-state index is 0.140. The van der Waals surface area contributed by atoms with Crippen LogP contribution in [-0.4, -0.2) is 15.0 Å². The van der Waals surface area contributed by atoms with Gasteiger partial charge in [0.1, 0.15) is 0 Å². The van der Waals surface area contributed by atoms with E-state index in [9.17, 15) is 0 Å². The number of halogens is 1. The highest BCUT2D eigenvalue weighted by Gasteiger charge is 2.09. The number of aromatic nitrogens is 3. The molecule has 0 fully saturated rings. The molecule has 0 aliphatic rings. The van der Waals surface area contributed by atoms with Gasteiger partial charge in [0.25, 0.3) is 0 Å². The van der Waals surface area contributed by atoms with Gasteiger partial charge in [-0.05, 0) is 24.6 Å². The van der Waals surface area contributed by atoms with E-state index >= 15 is 0 Å². The van der Waals surface area contributed by atoms with Crippen molar-refractivity contribution in [3.63, 3.8) is 0 Å². The third kappa shape index (κ3) is 3.31. The first-order valence-corrected chi connectivity index (χ1v) is 6.38. The van der Waals surface area contributed by atoms with Gasteiger partial charge in [0.15, 0.2) is 11.6 Å². The van der Waals surface area contributed by atoms with Crippen LogP contribution in [0.1, 0.15) is 12.7 Å². The van der Waals surface area contributed by atoms with Crippen LogP contribution in [0.4, 0.5) is 0 Å². The van der Waals surface area contributed by atoms with E-state index in [1.54, 1.807) is 6.08 Å². The fourth-order valence-electron chi connectivity index (χ4n) is 1.65. The molecule has 0 aliphatic carbocycles. The average molecular weight is 282 g/mol. The summed E-state index contributed by atoms with van der Waals surface area (Å²) in [6.45, 7) is 1.89. The lowest BCUT2D eigenvalue weighted by atomic mass is 10.2. The lowest BCUT2D eigenvalue weighted by molar-refractivity contribution is 1.03. The molecule has 1 aromatic heterocycles. The van der Waals surface area contributed by atoms with Crippen LogP contribution in [0.5, 0.6) is 0 Å². The van der Waals surface area contributed by atoms with Crippen LogP contribution >= 0.6 is 11.6 Å². The van der Waals surface area contributed by atoms with Crippen LogP contribution in [0, 0.1) is 12.3 Å². The molecule has 1 heterocycles. The summed E-state index contributed by atoms with van der Waals surface area (Å²) in [5.41, 5.74) is 1.59. The van der Waals surface area contributed by atoms with Crippen molar-refractivity contribution in [3.05, 3.63) is 59.7 Å². The minimum atomic E-state index is 0.140. The lowest BCUT2D eigenvalue weighted by Gasteiger charge is -2.04. The molecule has 2 rings (SSSR count). The Morgan fingerprint density at radius 3 is 2.60 bits per heavy atom. The number of terminal acetylenes is 1. The van der Waals surface area contributed by atoms with Crippen LogP contribution in [0.15, 0.2) is 48.6 Å². The zero-order valence-electron chi connectivity index (χ0n) is 10.9. The highest BCUT2D eigenvalue weighted by Crippen LogP contribution is 2.19. The Morgan fingerprint density at radius 2 is 1.95 bits per heavy atom. The molecule has 4 heteroatoms. The fourth-order valence-corrected chi connectivity index (χ4v) is 1.81. The van der Waals surface area contributed by atoms with E-state index in [1.165, 1.54) is 0 Å². The van der Waals surface area contributed by atoms with Gasteiger partial charge in [0, 0.05) is 11.1 Å². The highest BCUT2D eigenvalue weighted by atomic mass is 35.5. The van der Waals surface area contributed by atoms with Gasteiger partial charge in [0.05, 0.1) is 0 Å². The van der Waals surface area contributed by atoms with Gasteiger partial charge in [-0.1, -0.05) is 48.4 Å². The Morgan fingerprint density at radius 1 is 1.20 bits per heavy atom. The third-order valence-corrected chi connectivity index (χ3v) is 2.65. The molecule has 2 aromatic rings. The molecular weight excluding hydrogens is 270 g/mol. The molecule has 0 amide bonds. The number of rotatable bonds is 3. The number of hydrogen-bond donors (Lipinski definition) is 0. The Kier molecular flexibility index (Phi) is 4.65. The molecule has 0 saturated heterocycles. The SMILES string of the molecule is C#C/C=C(\C=C/C)c1nc(Cl)nc(-c2ccccc2)n1. The van der Waals surface area contributed by atoms with Gasteiger partial charge in [0.2, 0.25) is 5.28 Å². The van der Waals surface area contributed by atoms with Gasteiger partial charge < -0.3 is 0 Å². The number of allylic oxidation sites excluding steroid dienone is 4. The van der Waals surface area contributed by atoms with Crippen LogP contribution in [0.3, 0.4) is 0 Å². The van der Waals surface area contributed by atoms with Crippen LogP contribution in [0.25, 0.3) is 17.0 Å². The molecule has 0 aliphatic heterocycles. The van der Waals surface area contributed by atoms with Crippen molar-refractivity contribution in [1.29, 1.82) is 0 Å². The van der Waals surface area contributed by atoms with Gasteiger partial charge >= 0.3 is 0 Å². The molecule has 0 atom stereocenters. The molecule has 0 N–H and O–H groups in total. The molecule has 3 nitrogen and oxygen atoms in total. The fraction of sp³-hybridized carbons (Fsp3) is 0.0625. The van der Waals surface area contributed by atoms with Gasteiger partial charge in [-0.2, -0.15) is 9.97 Å². The van der Waals surface area contributed by atoms with Crippen molar-refractivity contribution in [3.8, 4) is 23.7 Å². The molecule has 1 aromatic carbocycles. The minimum Gasteiger partial charge on any atom is -0.208 e. The molecule has 0 bridgehead atoms. The molecule has 0 saturated carbocycles. The Bertz CT molecular complexity index is 697. The first kappa shape index (κ1) is 14.0.